The molecule has 3 aromatic rings. The molecule has 0 bridgehead atoms. The standard InChI is InChI=1S/C17H18N2O2/c1-3-17(2,18)16(20)19-11-8-9-15-13(10-11)12-6-4-5-7-14(12)21-15/h4-10H,3,18H2,1-2H3,(H,19,20). The van der Waals surface area contributed by atoms with Gasteiger partial charge in [0.25, 0.3) is 0 Å². The fourth-order valence-electron chi connectivity index (χ4n) is 2.24. The van der Waals surface area contributed by atoms with Gasteiger partial charge in [-0.05, 0) is 37.6 Å². The van der Waals surface area contributed by atoms with Gasteiger partial charge in [-0.1, -0.05) is 25.1 Å². The second-order valence-electron chi connectivity index (χ2n) is 5.53. The Morgan fingerprint density at radius 2 is 1.90 bits per heavy atom. The average Bonchev–Trinajstić information content (AvgIpc) is 2.85. The molecule has 3 N–H and O–H groups in total. The molecule has 1 aromatic heterocycles. The molecule has 0 aliphatic heterocycles. The highest BCUT2D eigenvalue weighted by Crippen LogP contribution is 2.30. The topological polar surface area (TPSA) is 68.3 Å². The number of anilines is 1. The van der Waals surface area contributed by atoms with E-state index in [1.807, 2.05) is 49.4 Å². The van der Waals surface area contributed by atoms with Gasteiger partial charge in [0.15, 0.2) is 0 Å². The van der Waals surface area contributed by atoms with Crippen LogP contribution in [0.15, 0.2) is 46.9 Å². The van der Waals surface area contributed by atoms with Crippen molar-refractivity contribution in [1.82, 2.24) is 0 Å². The molecule has 0 aliphatic rings. The third-order valence-corrected chi connectivity index (χ3v) is 3.89. The fourth-order valence-corrected chi connectivity index (χ4v) is 2.24. The fraction of sp³-hybridized carbons (Fsp3) is 0.235. The minimum absolute atomic E-state index is 0.183. The summed E-state index contributed by atoms with van der Waals surface area (Å²) in [5.41, 5.74) is 7.47. The molecule has 1 atom stereocenters. The molecule has 0 spiro atoms. The first-order valence-corrected chi connectivity index (χ1v) is 7.03. The van der Waals surface area contributed by atoms with E-state index in [0.29, 0.717) is 6.42 Å². The van der Waals surface area contributed by atoms with Crippen molar-refractivity contribution in [2.75, 3.05) is 5.32 Å². The molecule has 1 heterocycles. The van der Waals surface area contributed by atoms with Crippen LogP contribution in [0.1, 0.15) is 20.3 Å². The first-order valence-electron chi connectivity index (χ1n) is 7.03. The van der Waals surface area contributed by atoms with E-state index < -0.39 is 5.54 Å². The van der Waals surface area contributed by atoms with Gasteiger partial charge in [-0.3, -0.25) is 4.79 Å². The number of benzene rings is 2. The highest BCUT2D eigenvalue weighted by atomic mass is 16.3. The van der Waals surface area contributed by atoms with Gasteiger partial charge in [0.1, 0.15) is 11.2 Å². The minimum atomic E-state index is -0.868. The van der Waals surface area contributed by atoms with E-state index in [0.717, 1.165) is 27.6 Å². The number of hydrogen-bond donors (Lipinski definition) is 2. The van der Waals surface area contributed by atoms with Crippen molar-refractivity contribution >= 4 is 33.5 Å². The SMILES string of the molecule is CCC(C)(N)C(=O)Nc1ccc2oc3ccccc3c2c1. The molecule has 4 nitrogen and oxygen atoms in total. The zero-order chi connectivity index (χ0) is 15.0. The van der Waals surface area contributed by atoms with Gasteiger partial charge in [-0.25, -0.2) is 0 Å². The second-order valence-corrected chi connectivity index (χ2v) is 5.53. The summed E-state index contributed by atoms with van der Waals surface area (Å²) in [7, 11) is 0. The van der Waals surface area contributed by atoms with Gasteiger partial charge >= 0.3 is 0 Å². The van der Waals surface area contributed by atoms with E-state index in [1.54, 1.807) is 6.92 Å². The highest BCUT2D eigenvalue weighted by Gasteiger charge is 2.26. The maximum Gasteiger partial charge on any atom is 0.244 e. The molecule has 1 unspecified atom stereocenters. The Morgan fingerprint density at radius 1 is 1.19 bits per heavy atom. The molecule has 0 saturated heterocycles. The van der Waals surface area contributed by atoms with Crippen molar-refractivity contribution in [3.63, 3.8) is 0 Å². The summed E-state index contributed by atoms with van der Waals surface area (Å²) in [6.45, 7) is 3.63. The van der Waals surface area contributed by atoms with Crippen LogP contribution >= 0.6 is 0 Å². The summed E-state index contributed by atoms with van der Waals surface area (Å²) in [4.78, 5) is 12.1. The Labute approximate surface area is 122 Å². The molecule has 1 amide bonds. The van der Waals surface area contributed by atoms with E-state index in [2.05, 4.69) is 5.32 Å². The van der Waals surface area contributed by atoms with E-state index in [9.17, 15) is 4.79 Å². The largest absolute Gasteiger partial charge is 0.456 e. The lowest BCUT2D eigenvalue weighted by Gasteiger charge is -2.21. The van der Waals surface area contributed by atoms with Crippen molar-refractivity contribution in [2.24, 2.45) is 5.73 Å². The van der Waals surface area contributed by atoms with Crippen LogP contribution in [0, 0.1) is 0 Å². The maximum absolute atomic E-state index is 12.1. The predicted octanol–water partition coefficient (Wildman–Crippen LogP) is 3.65. The maximum atomic E-state index is 12.1. The number of rotatable bonds is 3. The van der Waals surface area contributed by atoms with E-state index >= 15 is 0 Å². The first kappa shape index (κ1) is 13.6. The number of para-hydroxylation sites is 1. The summed E-state index contributed by atoms with van der Waals surface area (Å²) in [6, 6.07) is 13.5. The Hall–Kier alpha value is -2.33. The zero-order valence-electron chi connectivity index (χ0n) is 12.1. The number of nitrogens with one attached hydrogen (secondary N) is 1. The summed E-state index contributed by atoms with van der Waals surface area (Å²) in [5.74, 6) is -0.183. The van der Waals surface area contributed by atoms with Crippen molar-refractivity contribution < 1.29 is 9.21 Å². The molecule has 2 aromatic carbocycles. The van der Waals surface area contributed by atoms with Crippen LogP contribution in [0.2, 0.25) is 0 Å². The summed E-state index contributed by atoms with van der Waals surface area (Å²) < 4.78 is 5.76. The molecule has 0 aliphatic carbocycles. The Balaban J connectivity index is 2.01. The molecule has 3 rings (SSSR count). The Bertz CT molecular complexity index is 818. The van der Waals surface area contributed by atoms with Gasteiger partial charge in [0.2, 0.25) is 5.91 Å². The minimum Gasteiger partial charge on any atom is -0.456 e. The molecule has 4 heteroatoms. The number of carbonyl (C=O) groups is 1. The smallest absolute Gasteiger partial charge is 0.244 e. The Kier molecular flexibility index (Phi) is 3.18. The van der Waals surface area contributed by atoms with Crippen LogP contribution in [-0.4, -0.2) is 11.4 Å². The lowest BCUT2D eigenvalue weighted by atomic mass is 9.99. The lowest BCUT2D eigenvalue weighted by Crippen LogP contribution is -2.47. The highest BCUT2D eigenvalue weighted by molar-refractivity contribution is 6.07. The van der Waals surface area contributed by atoms with Crippen LogP contribution in [-0.2, 0) is 4.79 Å². The van der Waals surface area contributed by atoms with Gasteiger partial charge in [-0.2, -0.15) is 0 Å². The third kappa shape index (κ3) is 2.38. The number of furan rings is 1. The van der Waals surface area contributed by atoms with E-state index in [1.165, 1.54) is 0 Å². The summed E-state index contributed by atoms with van der Waals surface area (Å²) in [5, 5.41) is 4.90. The predicted molar refractivity (Wildman–Crippen MR) is 85.2 cm³/mol. The van der Waals surface area contributed by atoms with Gasteiger partial charge in [0, 0.05) is 16.5 Å². The first-order chi connectivity index (χ1) is 10.0. The number of hydrogen-bond acceptors (Lipinski definition) is 3. The molecular weight excluding hydrogens is 264 g/mol. The van der Waals surface area contributed by atoms with Crippen molar-refractivity contribution in [1.29, 1.82) is 0 Å². The number of fused-ring (bicyclic) bond motifs is 3. The third-order valence-electron chi connectivity index (χ3n) is 3.89. The van der Waals surface area contributed by atoms with Crippen LogP contribution < -0.4 is 11.1 Å². The number of nitrogens with two attached hydrogens (primary N) is 1. The zero-order valence-corrected chi connectivity index (χ0v) is 12.1. The van der Waals surface area contributed by atoms with Crippen LogP contribution in [0.25, 0.3) is 21.9 Å². The molecule has 108 valence electrons. The van der Waals surface area contributed by atoms with Crippen LogP contribution in [0.5, 0.6) is 0 Å². The van der Waals surface area contributed by atoms with Crippen molar-refractivity contribution in [3.8, 4) is 0 Å². The normalized spacial score (nSPS) is 14.2. The lowest BCUT2D eigenvalue weighted by molar-refractivity contribution is -0.120. The number of amides is 1. The van der Waals surface area contributed by atoms with Gasteiger partial charge in [0.05, 0.1) is 5.54 Å². The van der Waals surface area contributed by atoms with Crippen LogP contribution in [0.4, 0.5) is 5.69 Å². The van der Waals surface area contributed by atoms with Crippen molar-refractivity contribution in [3.05, 3.63) is 42.5 Å². The molecule has 0 saturated carbocycles. The molecule has 0 fully saturated rings. The number of carbonyl (C=O) groups excluding carboxylic acids is 1. The van der Waals surface area contributed by atoms with E-state index in [-0.39, 0.29) is 5.91 Å². The van der Waals surface area contributed by atoms with Crippen molar-refractivity contribution in [2.45, 2.75) is 25.8 Å². The quantitative estimate of drug-likeness (QED) is 0.770. The second kappa shape index (κ2) is 4.90. The average molecular weight is 282 g/mol. The van der Waals surface area contributed by atoms with Gasteiger partial charge < -0.3 is 15.5 Å². The molecular formula is C17H18N2O2. The summed E-state index contributed by atoms with van der Waals surface area (Å²) >= 11 is 0. The molecule has 21 heavy (non-hydrogen) atoms. The van der Waals surface area contributed by atoms with Gasteiger partial charge in [-0.15, -0.1) is 0 Å². The summed E-state index contributed by atoms with van der Waals surface area (Å²) in [6.07, 6.45) is 0.579. The van der Waals surface area contributed by atoms with Crippen LogP contribution in [0.3, 0.4) is 0 Å². The van der Waals surface area contributed by atoms with E-state index in [4.69, 9.17) is 10.2 Å². The monoisotopic (exact) mass is 282 g/mol. The Morgan fingerprint density at radius 3 is 2.67 bits per heavy atom. The molecule has 0 radical (unpaired) electrons.